The molecule has 2 aromatic rings. The van der Waals surface area contributed by atoms with Gasteiger partial charge < -0.3 is 5.32 Å². The highest BCUT2D eigenvalue weighted by Crippen LogP contribution is 2.30. The van der Waals surface area contributed by atoms with E-state index in [4.69, 9.17) is 11.6 Å². The summed E-state index contributed by atoms with van der Waals surface area (Å²) in [6.45, 7) is 0. The molecule has 0 aliphatic heterocycles. The number of hydrogen-bond donors (Lipinski definition) is 1. The number of non-ortho nitro benzene ring substituents is 1. The average Bonchev–Trinajstić information content (AvgIpc) is 2.44. The molecular formula is C13H7BrClIN2O3. The quantitative estimate of drug-likeness (QED) is 0.386. The number of anilines is 1. The molecule has 0 aliphatic carbocycles. The standard InChI is InChI=1S/C13H7BrClIN2O3/c14-12-9(15)2-1-3-11(12)17-13(19)8-6-7(18(20)21)4-5-10(8)16/h1-6H,(H,17,19). The van der Waals surface area contributed by atoms with Crippen LogP contribution >= 0.6 is 50.1 Å². The van der Waals surface area contributed by atoms with Gasteiger partial charge in [-0.05, 0) is 56.7 Å². The lowest BCUT2D eigenvalue weighted by molar-refractivity contribution is -0.384. The Morgan fingerprint density at radius 3 is 2.71 bits per heavy atom. The van der Waals surface area contributed by atoms with Crippen LogP contribution in [0.5, 0.6) is 0 Å². The van der Waals surface area contributed by atoms with E-state index in [-0.39, 0.29) is 11.3 Å². The number of carbonyl (C=O) groups excluding carboxylic acids is 1. The van der Waals surface area contributed by atoms with Crippen LogP contribution in [0.4, 0.5) is 11.4 Å². The Bertz CT molecular complexity index is 739. The van der Waals surface area contributed by atoms with Crippen molar-refractivity contribution in [2.75, 3.05) is 5.32 Å². The second-order valence-corrected chi connectivity index (χ2v) is 6.34. The van der Waals surface area contributed by atoms with Gasteiger partial charge in [-0.1, -0.05) is 17.7 Å². The molecule has 2 aromatic carbocycles. The Morgan fingerprint density at radius 2 is 2.05 bits per heavy atom. The van der Waals surface area contributed by atoms with Gasteiger partial charge in [0.1, 0.15) is 0 Å². The summed E-state index contributed by atoms with van der Waals surface area (Å²) in [6.07, 6.45) is 0. The molecule has 0 saturated heterocycles. The first-order valence-corrected chi connectivity index (χ1v) is 7.84. The highest BCUT2D eigenvalue weighted by Gasteiger charge is 2.16. The van der Waals surface area contributed by atoms with Gasteiger partial charge in [-0.2, -0.15) is 0 Å². The van der Waals surface area contributed by atoms with Crippen LogP contribution in [0.25, 0.3) is 0 Å². The lowest BCUT2D eigenvalue weighted by Crippen LogP contribution is -2.14. The molecule has 21 heavy (non-hydrogen) atoms. The fraction of sp³-hybridized carbons (Fsp3) is 0. The number of nitro groups is 1. The van der Waals surface area contributed by atoms with Crippen molar-refractivity contribution in [2.24, 2.45) is 0 Å². The van der Waals surface area contributed by atoms with Crippen LogP contribution in [0.3, 0.4) is 0 Å². The summed E-state index contributed by atoms with van der Waals surface area (Å²) in [7, 11) is 0. The molecule has 0 aromatic heterocycles. The van der Waals surface area contributed by atoms with Crippen molar-refractivity contribution in [3.63, 3.8) is 0 Å². The normalized spacial score (nSPS) is 10.2. The number of nitrogens with zero attached hydrogens (tertiary/aromatic N) is 1. The first-order chi connectivity index (χ1) is 9.90. The zero-order valence-electron chi connectivity index (χ0n) is 10.3. The smallest absolute Gasteiger partial charge is 0.270 e. The Labute approximate surface area is 147 Å². The minimum absolute atomic E-state index is 0.134. The number of halogens is 3. The van der Waals surface area contributed by atoms with Gasteiger partial charge in [0, 0.05) is 15.7 Å². The molecule has 0 saturated carbocycles. The van der Waals surface area contributed by atoms with Crippen molar-refractivity contribution in [1.29, 1.82) is 0 Å². The minimum atomic E-state index is -0.540. The lowest BCUT2D eigenvalue weighted by Gasteiger charge is -2.09. The summed E-state index contributed by atoms with van der Waals surface area (Å²) in [5.74, 6) is -0.439. The zero-order valence-corrected chi connectivity index (χ0v) is 14.8. The summed E-state index contributed by atoms with van der Waals surface area (Å²) < 4.78 is 1.18. The Morgan fingerprint density at radius 1 is 1.33 bits per heavy atom. The zero-order chi connectivity index (χ0) is 15.6. The maximum Gasteiger partial charge on any atom is 0.270 e. The average molecular weight is 481 g/mol. The minimum Gasteiger partial charge on any atom is -0.321 e. The molecule has 0 heterocycles. The van der Waals surface area contributed by atoms with E-state index in [1.54, 1.807) is 18.2 Å². The van der Waals surface area contributed by atoms with E-state index in [9.17, 15) is 14.9 Å². The van der Waals surface area contributed by atoms with Crippen molar-refractivity contribution < 1.29 is 9.72 Å². The first-order valence-electron chi connectivity index (χ1n) is 5.59. The van der Waals surface area contributed by atoms with Crippen LogP contribution in [-0.2, 0) is 0 Å². The van der Waals surface area contributed by atoms with Crippen LogP contribution in [0, 0.1) is 13.7 Å². The van der Waals surface area contributed by atoms with Crippen molar-refractivity contribution in [3.8, 4) is 0 Å². The van der Waals surface area contributed by atoms with Crippen molar-refractivity contribution in [2.45, 2.75) is 0 Å². The van der Waals surface area contributed by atoms with E-state index in [2.05, 4.69) is 21.2 Å². The SMILES string of the molecule is O=C(Nc1cccc(Cl)c1Br)c1cc([N+](=O)[O-])ccc1I. The number of amides is 1. The predicted octanol–water partition coefficient (Wildman–Crippen LogP) is 4.87. The Hall–Kier alpha value is -1.19. The van der Waals surface area contributed by atoms with Crippen LogP contribution in [0.15, 0.2) is 40.9 Å². The second kappa shape index (κ2) is 6.71. The number of nitrogens with one attached hydrogen (secondary N) is 1. The molecule has 0 atom stereocenters. The molecule has 0 bridgehead atoms. The van der Waals surface area contributed by atoms with Crippen LogP contribution in [-0.4, -0.2) is 10.8 Å². The first kappa shape index (κ1) is 16.2. The Kier molecular flexibility index (Phi) is 5.17. The third-order valence-corrected chi connectivity index (χ3v) is 4.94. The van der Waals surface area contributed by atoms with Crippen molar-refractivity contribution in [3.05, 3.63) is 65.1 Å². The van der Waals surface area contributed by atoms with Crippen molar-refractivity contribution >= 4 is 67.4 Å². The van der Waals surface area contributed by atoms with Gasteiger partial charge in [0.15, 0.2) is 0 Å². The highest BCUT2D eigenvalue weighted by atomic mass is 127. The van der Waals surface area contributed by atoms with Gasteiger partial charge in [-0.3, -0.25) is 14.9 Å². The highest BCUT2D eigenvalue weighted by molar-refractivity contribution is 14.1. The van der Waals surface area contributed by atoms with Gasteiger partial charge in [0.25, 0.3) is 11.6 Å². The number of rotatable bonds is 3. The van der Waals surface area contributed by atoms with E-state index in [0.717, 1.165) is 0 Å². The summed E-state index contributed by atoms with van der Waals surface area (Å²) in [6, 6.07) is 9.18. The maximum atomic E-state index is 12.3. The van der Waals surface area contributed by atoms with E-state index in [1.807, 2.05) is 22.6 Å². The fourth-order valence-electron chi connectivity index (χ4n) is 1.59. The van der Waals surface area contributed by atoms with Crippen molar-refractivity contribution in [1.82, 2.24) is 0 Å². The van der Waals surface area contributed by atoms with Gasteiger partial charge in [0.2, 0.25) is 0 Å². The molecule has 1 N–H and O–H groups in total. The van der Waals surface area contributed by atoms with Gasteiger partial charge in [0.05, 0.1) is 25.7 Å². The van der Waals surface area contributed by atoms with Crippen LogP contribution in [0.2, 0.25) is 5.02 Å². The predicted molar refractivity (Wildman–Crippen MR) is 92.9 cm³/mol. The van der Waals surface area contributed by atoms with E-state index >= 15 is 0 Å². The number of benzene rings is 2. The number of nitro benzene ring substituents is 1. The molecule has 0 spiro atoms. The summed E-state index contributed by atoms with van der Waals surface area (Å²) in [5, 5.41) is 13.9. The van der Waals surface area contributed by atoms with E-state index in [0.29, 0.717) is 18.8 Å². The second-order valence-electron chi connectivity index (χ2n) is 3.98. The van der Waals surface area contributed by atoms with Crippen LogP contribution < -0.4 is 5.32 Å². The third-order valence-electron chi connectivity index (χ3n) is 2.61. The largest absolute Gasteiger partial charge is 0.321 e. The lowest BCUT2D eigenvalue weighted by atomic mass is 10.2. The molecule has 0 fully saturated rings. The topological polar surface area (TPSA) is 72.2 Å². The number of hydrogen-bond acceptors (Lipinski definition) is 3. The van der Waals surface area contributed by atoms with Crippen LogP contribution in [0.1, 0.15) is 10.4 Å². The number of carbonyl (C=O) groups is 1. The molecule has 5 nitrogen and oxygen atoms in total. The van der Waals surface area contributed by atoms with Gasteiger partial charge in [-0.25, -0.2) is 0 Å². The molecule has 2 rings (SSSR count). The molecule has 108 valence electrons. The van der Waals surface area contributed by atoms with Gasteiger partial charge >= 0.3 is 0 Å². The molecule has 1 amide bonds. The molecule has 0 aliphatic rings. The maximum absolute atomic E-state index is 12.3. The summed E-state index contributed by atoms with van der Waals surface area (Å²) in [5.41, 5.74) is 0.595. The third kappa shape index (κ3) is 3.72. The molecule has 0 unspecified atom stereocenters. The van der Waals surface area contributed by atoms with Gasteiger partial charge in [-0.15, -0.1) is 0 Å². The monoisotopic (exact) mass is 480 g/mol. The molecule has 0 radical (unpaired) electrons. The molecule has 8 heteroatoms. The summed E-state index contributed by atoms with van der Waals surface area (Å²) in [4.78, 5) is 22.5. The summed E-state index contributed by atoms with van der Waals surface area (Å²) >= 11 is 11.2. The Balaban J connectivity index is 2.34. The molecular weight excluding hydrogens is 474 g/mol. The van der Waals surface area contributed by atoms with E-state index < -0.39 is 10.8 Å². The van der Waals surface area contributed by atoms with E-state index in [1.165, 1.54) is 18.2 Å². The fourth-order valence-corrected chi connectivity index (χ4v) is 2.71.